The number of benzene rings is 2. The number of nitrogens with one attached hydrogen (secondary N) is 3. The number of anilines is 3. The zero-order chi connectivity index (χ0) is 35.2. The predicted octanol–water partition coefficient (Wildman–Crippen LogP) is 6.32. The maximum atomic E-state index is 13.9. The summed E-state index contributed by atoms with van der Waals surface area (Å²) in [6.07, 6.45) is 5.45. The van der Waals surface area contributed by atoms with E-state index in [0.29, 0.717) is 53.7 Å². The van der Waals surface area contributed by atoms with Gasteiger partial charge >= 0.3 is 6.09 Å². The number of nitrogens with zero attached hydrogens (tertiary/aromatic N) is 4. The van der Waals surface area contributed by atoms with E-state index in [1.807, 2.05) is 6.07 Å². The van der Waals surface area contributed by atoms with Crippen molar-refractivity contribution in [2.45, 2.75) is 97.2 Å². The van der Waals surface area contributed by atoms with Crippen molar-refractivity contribution in [2.75, 3.05) is 29.4 Å². The Balaban J connectivity index is 1.51. The van der Waals surface area contributed by atoms with Crippen LogP contribution in [0.1, 0.15) is 84.9 Å². The Kier molecular flexibility index (Phi) is 11.6. The summed E-state index contributed by atoms with van der Waals surface area (Å²) >= 11 is 0. The highest BCUT2D eigenvalue weighted by Crippen LogP contribution is 2.34. The summed E-state index contributed by atoms with van der Waals surface area (Å²) in [5.74, 6) is 0.346. The molecule has 0 saturated carbocycles. The third-order valence-corrected chi connectivity index (χ3v) is 8.94. The van der Waals surface area contributed by atoms with Gasteiger partial charge < -0.3 is 29.7 Å². The Labute approximate surface area is 288 Å². The van der Waals surface area contributed by atoms with Gasteiger partial charge in [0.15, 0.2) is 12.1 Å². The monoisotopic (exact) mass is 697 g/mol. The molecule has 49 heavy (non-hydrogen) atoms. The predicted molar refractivity (Wildman–Crippen MR) is 187 cm³/mol. The highest BCUT2D eigenvalue weighted by atomic mass is 32.2. The molecule has 3 heterocycles. The van der Waals surface area contributed by atoms with Gasteiger partial charge in [-0.15, -0.1) is 5.10 Å². The minimum absolute atomic E-state index is 0.0665. The first-order chi connectivity index (χ1) is 23.3. The Bertz CT molecular complexity index is 1690. The topological polar surface area (TPSA) is 170 Å². The van der Waals surface area contributed by atoms with E-state index < -0.39 is 33.9 Å². The molecular weight excluding hydrogens is 650 g/mol. The molecule has 3 aromatic rings. The number of amides is 1. The highest BCUT2D eigenvalue weighted by molar-refractivity contribution is 7.89. The van der Waals surface area contributed by atoms with Gasteiger partial charge in [-0.25, -0.2) is 27.5 Å². The van der Waals surface area contributed by atoms with E-state index in [-0.39, 0.29) is 18.2 Å². The first kappa shape index (κ1) is 36.2. The number of rotatable bonds is 12. The molecule has 5 rings (SSSR count). The standard InChI is InChI=1S/C34H47N7O7S/c1-23(2)39-49(43,44)22-47-27-15-12-24(13-16-27)31-37-32(38-41(31)30-11-7-9-19-46-30)40(33(42)48-34(3,4)5)26-14-17-28(25(20-26)21-35)36-29-10-6-8-18-45-29/h12-17,20-21,23,29-30,35-36,39H,6-11,18-19,22H2,1-5H3. The lowest BCUT2D eigenvalue weighted by Gasteiger charge is -2.27. The van der Waals surface area contributed by atoms with Crippen LogP contribution in [0.3, 0.4) is 0 Å². The zero-order valence-electron chi connectivity index (χ0n) is 28.8. The molecule has 0 radical (unpaired) electrons. The quantitative estimate of drug-likeness (QED) is 0.182. The van der Waals surface area contributed by atoms with Crippen LogP contribution >= 0.6 is 0 Å². The molecule has 14 nitrogen and oxygen atoms in total. The smallest absolute Gasteiger partial charge is 0.421 e. The number of hydrogen-bond donors (Lipinski definition) is 3. The molecule has 15 heteroatoms. The van der Waals surface area contributed by atoms with Crippen LogP contribution in [0.15, 0.2) is 42.5 Å². The van der Waals surface area contributed by atoms with Crippen LogP contribution in [-0.4, -0.2) is 72.5 Å². The van der Waals surface area contributed by atoms with Crippen LogP contribution in [0.25, 0.3) is 11.4 Å². The zero-order valence-corrected chi connectivity index (χ0v) is 29.6. The normalized spacial score (nSPS) is 18.6. The maximum Gasteiger partial charge on any atom is 0.421 e. The molecule has 2 aliphatic rings. The number of sulfonamides is 1. The fraction of sp³-hybridized carbons (Fsp3) is 0.529. The van der Waals surface area contributed by atoms with E-state index in [1.54, 1.807) is 75.7 Å². The van der Waals surface area contributed by atoms with Crippen molar-refractivity contribution >= 4 is 39.7 Å². The second-order valence-corrected chi connectivity index (χ2v) is 15.1. The van der Waals surface area contributed by atoms with Crippen LogP contribution in [0.5, 0.6) is 5.75 Å². The molecule has 0 bridgehead atoms. The lowest BCUT2D eigenvalue weighted by atomic mass is 10.1. The molecule has 2 atom stereocenters. The molecule has 1 aromatic heterocycles. The molecule has 1 amide bonds. The fourth-order valence-electron chi connectivity index (χ4n) is 5.54. The molecule has 2 saturated heterocycles. The van der Waals surface area contributed by atoms with Gasteiger partial charge in [0.2, 0.25) is 16.0 Å². The van der Waals surface area contributed by atoms with Crippen molar-refractivity contribution in [1.29, 1.82) is 5.41 Å². The molecule has 3 N–H and O–H groups in total. The Morgan fingerprint density at radius 1 is 1.08 bits per heavy atom. The molecular formula is C34H47N7O7S. The first-order valence-corrected chi connectivity index (χ1v) is 18.3. The van der Waals surface area contributed by atoms with Crippen LogP contribution in [0.4, 0.5) is 22.1 Å². The number of carbonyl (C=O) groups excluding carboxylic acids is 1. The van der Waals surface area contributed by atoms with E-state index >= 15 is 0 Å². The molecule has 2 aliphatic heterocycles. The van der Waals surface area contributed by atoms with E-state index in [9.17, 15) is 13.2 Å². The van der Waals surface area contributed by atoms with Crippen molar-refractivity contribution in [3.05, 3.63) is 48.0 Å². The minimum atomic E-state index is -3.62. The highest BCUT2D eigenvalue weighted by Gasteiger charge is 2.32. The number of hydrogen-bond acceptors (Lipinski definition) is 11. The largest absolute Gasteiger partial charge is 0.476 e. The lowest BCUT2D eigenvalue weighted by molar-refractivity contribution is -0.0384. The summed E-state index contributed by atoms with van der Waals surface area (Å²) < 4.78 is 52.0. The van der Waals surface area contributed by atoms with Gasteiger partial charge in [-0.05, 0) is 116 Å². The average Bonchev–Trinajstić information content (AvgIpc) is 3.49. The summed E-state index contributed by atoms with van der Waals surface area (Å²) in [6.45, 7) is 10.1. The van der Waals surface area contributed by atoms with Gasteiger partial charge in [-0.2, -0.15) is 4.98 Å². The van der Waals surface area contributed by atoms with Crippen molar-refractivity contribution in [3.63, 3.8) is 0 Å². The molecule has 0 spiro atoms. The van der Waals surface area contributed by atoms with Gasteiger partial charge in [-0.3, -0.25) is 0 Å². The Morgan fingerprint density at radius 3 is 2.41 bits per heavy atom. The van der Waals surface area contributed by atoms with Crippen LogP contribution < -0.4 is 19.7 Å². The SMILES string of the molecule is CC(C)NS(=O)(=O)COc1ccc(-c2nc(N(C(=O)OC(C)(C)C)c3ccc(NC4CCCCO4)c(C=N)c3)nn2C2CCCCO2)cc1. The van der Waals surface area contributed by atoms with Crippen molar-refractivity contribution in [2.24, 2.45) is 0 Å². The third-order valence-electron chi connectivity index (χ3n) is 7.68. The minimum Gasteiger partial charge on any atom is -0.476 e. The molecule has 2 unspecified atom stereocenters. The first-order valence-electron chi connectivity index (χ1n) is 16.7. The van der Waals surface area contributed by atoms with E-state index in [1.165, 1.54) is 11.1 Å². The third kappa shape index (κ3) is 9.78. The van der Waals surface area contributed by atoms with E-state index in [0.717, 1.165) is 32.1 Å². The molecule has 0 aliphatic carbocycles. The Morgan fingerprint density at radius 2 is 1.80 bits per heavy atom. The lowest BCUT2D eigenvalue weighted by Crippen LogP contribution is -2.34. The number of carbonyl (C=O) groups is 1. The average molecular weight is 698 g/mol. The van der Waals surface area contributed by atoms with Gasteiger partial charge in [0.25, 0.3) is 5.95 Å². The second-order valence-electron chi connectivity index (χ2n) is 13.4. The van der Waals surface area contributed by atoms with Gasteiger partial charge in [0.05, 0.1) is 5.69 Å². The summed E-state index contributed by atoms with van der Waals surface area (Å²) in [7, 11) is -3.62. The number of ether oxygens (including phenoxy) is 4. The van der Waals surface area contributed by atoms with E-state index in [2.05, 4.69) is 10.0 Å². The summed E-state index contributed by atoms with van der Waals surface area (Å²) in [5.41, 5.74) is 1.51. The van der Waals surface area contributed by atoms with E-state index in [4.69, 9.17) is 34.4 Å². The van der Waals surface area contributed by atoms with Gasteiger partial charge in [0.1, 0.15) is 17.6 Å². The number of aromatic nitrogens is 3. The van der Waals surface area contributed by atoms with Crippen molar-refractivity contribution in [3.8, 4) is 17.1 Å². The summed E-state index contributed by atoms with van der Waals surface area (Å²) in [5, 5.41) is 16.3. The Hall–Kier alpha value is -4.05. The molecule has 2 aromatic carbocycles. The summed E-state index contributed by atoms with van der Waals surface area (Å²) in [6, 6.07) is 11.9. The van der Waals surface area contributed by atoms with Gasteiger partial charge in [0, 0.05) is 42.3 Å². The summed E-state index contributed by atoms with van der Waals surface area (Å²) in [4.78, 5) is 20.0. The van der Waals surface area contributed by atoms with Crippen molar-refractivity contribution < 1.29 is 32.2 Å². The van der Waals surface area contributed by atoms with Gasteiger partial charge in [-0.1, -0.05) is 0 Å². The maximum absolute atomic E-state index is 13.9. The van der Waals surface area contributed by atoms with Crippen LogP contribution in [0.2, 0.25) is 0 Å². The molecule has 266 valence electrons. The van der Waals surface area contributed by atoms with Crippen molar-refractivity contribution in [1.82, 2.24) is 19.5 Å². The van der Waals surface area contributed by atoms with Crippen LogP contribution in [-0.2, 0) is 24.2 Å². The molecule has 2 fully saturated rings. The van der Waals surface area contributed by atoms with Crippen LogP contribution in [0, 0.1) is 5.41 Å². The second kappa shape index (κ2) is 15.7. The fourth-order valence-corrected chi connectivity index (χ4v) is 6.62.